The van der Waals surface area contributed by atoms with Crippen LogP contribution in [0.3, 0.4) is 0 Å². The lowest BCUT2D eigenvalue weighted by molar-refractivity contribution is -0.139. The van der Waals surface area contributed by atoms with Crippen LogP contribution in [0.4, 0.5) is 18.9 Å². The highest BCUT2D eigenvalue weighted by Crippen LogP contribution is 2.45. The molecular formula is C23H18F3N3O5. The molecule has 34 heavy (non-hydrogen) atoms. The molecule has 2 aromatic rings. The number of nitrogens with two attached hydrogens (primary N) is 1. The van der Waals surface area contributed by atoms with E-state index in [1.807, 2.05) is 6.07 Å². The minimum absolute atomic E-state index is 0.216. The minimum Gasteiger partial charge on any atom is -0.466 e. The SMILES string of the molecule is COC(=O)C1=C(C(=O)OC)N(c2cc(F)ccc2OC(F)F)C(N)=C(C#N)C1c1ccccc1. The van der Waals surface area contributed by atoms with Crippen LogP contribution in [0.5, 0.6) is 5.75 Å². The fraction of sp³-hybridized carbons (Fsp3) is 0.174. The van der Waals surface area contributed by atoms with Crippen LogP contribution < -0.4 is 15.4 Å². The van der Waals surface area contributed by atoms with Crippen molar-refractivity contribution in [1.29, 1.82) is 5.26 Å². The maximum atomic E-state index is 14.2. The zero-order valence-corrected chi connectivity index (χ0v) is 17.9. The first kappa shape index (κ1) is 24.2. The Labute approximate surface area is 192 Å². The van der Waals surface area contributed by atoms with E-state index in [-0.39, 0.29) is 11.1 Å². The van der Waals surface area contributed by atoms with Crippen LogP contribution in [-0.2, 0) is 19.1 Å². The van der Waals surface area contributed by atoms with Gasteiger partial charge >= 0.3 is 18.6 Å². The van der Waals surface area contributed by atoms with Crippen molar-refractivity contribution < 1.29 is 37.0 Å². The molecule has 0 radical (unpaired) electrons. The zero-order chi connectivity index (χ0) is 25.0. The van der Waals surface area contributed by atoms with Crippen LogP contribution in [-0.4, -0.2) is 32.8 Å². The van der Waals surface area contributed by atoms with Gasteiger partial charge in [-0.05, 0) is 17.7 Å². The number of rotatable bonds is 6. The number of esters is 2. The minimum atomic E-state index is -3.31. The van der Waals surface area contributed by atoms with Gasteiger partial charge in [0.15, 0.2) is 0 Å². The number of allylic oxidation sites excluding steroid dienone is 1. The van der Waals surface area contributed by atoms with E-state index < -0.39 is 53.2 Å². The molecule has 2 N–H and O–H groups in total. The predicted molar refractivity (Wildman–Crippen MR) is 113 cm³/mol. The van der Waals surface area contributed by atoms with Gasteiger partial charge in [-0.3, -0.25) is 4.90 Å². The summed E-state index contributed by atoms with van der Waals surface area (Å²) >= 11 is 0. The van der Waals surface area contributed by atoms with Crippen LogP contribution in [0, 0.1) is 17.1 Å². The lowest BCUT2D eigenvalue weighted by Gasteiger charge is -2.36. The first-order valence-corrected chi connectivity index (χ1v) is 9.65. The Bertz CT molecular complexity index is 1220. The highest BCUT2D eigenvalue weighted by molar-refractivity contribution is 6.06. The molecule has 1 atom stereocenters. The van der Waals surface area contributed by atoms with E-state index >= 15 is 0 Å². The molecule has 1 aliphatic heterocycles. The second kappa shape index (κ2) is 9.99. The summed E-state index contributed by atoms with van der Waals surface area (Å²) in [7, 11) is 2.07. The van der Waals surface area contributed by atoms with Gasteiger partial charge in [0.2, 0.25) is 0 Å². The van der Waals surface area contributed by atoms with Gasteiger partial charge < -0.3 is 19.9 Å². The number of ether oxygens (including phenoxy) is 3. The summed E-state index contributed by atoms with van der Waals surface area (Å²) in [6.07, 6.45) is 0. The number of halogens is 3. The molecule has 3 rings (SSSR count). The molecule has 8 nitrogen and oxygen atoms in total. The summed E-state index contributed by atoms with van der Waals surface area (Å²) in [6.45, 7) is -3.31. The van der Waals surface area contributed by atoms with Crippen molar-refractivity contribution in [3.8, 4) is 11.8 Å². The summed E-state index contributed by atoms with van der Waals surface area (Å²) in [5.41, 5.74) is 5.07. The van der Waals surface area contributed by atoms with Gasteiger partial charge in [0.1, 0.15) is 23.1 Å². The largest absolute Gasteiger partial charge is 0.466 e. The quantitative estimate of drug-likeness (QED) is 0.636. The van der Waals surface area contributed by atoms with Gasteiger partial charge in [0.05, 0.1) is 43.0 Å². The van der Waals surface area contributed by atoms with Gasteiger partial charge in [-0.2, -0.15) is 14.0 Å². The molecule has 11 heteroatoms. The van der Waals surface area contributed by atoms with Gasteiger partial charge in [-0.1, -0.05) is 30.3 Å². The number of alkyl halides is 2. The summed E-state index contributed by atoms with van der Waals surface area (Å²) in [5.74, 6) is -5.19. The van der Waals surface area contributed by atoms with Crippen LogP contribution in [0.1, 0.15) is 11.5 Å². The third-order valence-electron chi connectivity index (χ3n) is 4.99. The maximum absolute atomic E-state index is 14.2. The standard InChI is InChI=1S/C23H18F3N3O5/c1-32-21(30)18-17(12-6-4-3-5-7-12)14(11-27)20(28)29(19(18)22(31)33-2)15-10-13(24)8-9-16(15)34-23(25)26/h3-10,17,23H,28H2,1-2H3. The topological polar surface area (TPSA) is 115 Å². The second-order valence-corrected chi connectivity index (χ2v) is 6.83. The Kier molecular flexibility index (Phi) is 7.11. The lowest BCUT2D eigenvalue weighted by atomic mass is 9.81. The van der Waals surface area contributed by atoms with Crippen molar-refractivity contribution >= 4 is 17.6 Å². The van der Waals surface area contributed by atoms with Gasteiger partial charge in [0, 0.05) is 6.07 Å². The van der Waals surface area contributed by atoms with Crippen molar-refractivity contribution in [3.05, 3.63) is 82.6 Å². The van der Waals surface area contributed by atoms with Crippen molar-refractivity contribution in [1.82, 2.24) is 0 Å². The van der Waals surface area contributed by atoms with Crippen LogP contribution in [0.15, 0.2) is 71.2 Å². The first-order valence-electron chi connectivity index (χ1n) is 9.65. The lowest BCUT2D eigenvalue weighted by Crippen LogP contribution is -2.41. The Hall–Kier alpha value is -4.46. The number of hydrogen-bond acceptors (Lipinski definition) is 8. The molecule has 0 saturated heterocycles. The number of carbonyl (C=O) groups is 2. The van der Waals surface area contributed by atoms with E-state index in [2.05, 4.69) is 4.74 Å². The van der Waals surface area contributed by atoms with Crippen molar-refractivity contribution in [2.24, 2.45) is 5.73 Å². The number of nitriles is 1. The van der Waals surface area contributed by atoms with E-state index in [4.69, 9.17) is 15.2 Å². The average molecular weight is 473 g/mol. The van der Waals surface area contributed by atoms with E-state index in [1.54, 1.807) is 30.3 Å². The van der Waals surface area contributed by atoms with E-state index in [1.165, 1.54) is 0 Å². The van der Waals surface area contributed by atoms with E-state index in [0.717, 1.165) is 37.3 Å². The number of nitrogens with zero attached hydrogens (tertiary/aromatic N) is 2. The number of methoxy groups -OCH3 is 2. The smallest absolute Gasteiger partial charge is 0.387 e. The normalized spacial score (nSPS) is 15.8. The third kappa shape index (κ3) is 4.38. The van der Waals surface area contributed by atoms with Crippen molar-refractivity contribution in [2.45, 2.75) is 12.5 Å². The molecule has 0 aliphatic carbocycles. The summed E-state index contributed by atoms with van der Waals surface area (Å²) in [6, 6.07) is 12.6. The number of hydrogen-bond donors (Lipinski definition) is 1. The molecule has 176 valence electrons. The molecule has 0 amide bonds. The predicted octanol–water partition coefficient (Wildman–Crippen LogP) is 3.32. The fourth-order valence-corrected chi connectivity index (χ4v) is 3.62. The highest BCUT2D eigenvalue weighted by Gasteiger charge is 2.43. The average Bonchev–Trinajstić information content (AvgIpc) is 2.83. The van der Waals surface area contributed by atoms with Crippen LogP contribution >= 0.6 is 0 Å². The molecule has 1 heterocycles. The summed E-state index contributed by atoms with van der Waals surface area (Å²) < 4.78 is 54.5. The van der Waals surface area contributed by atoms with Gasteiger partial charge in [-0.25, -0.2) is 14.0 Å². The molecule has 0 aromatic heterocycles. The van der Waals surface area contributed by atoms with E-state index in [9.17, 15) is 28.0 Å². The van der Waals surface area contributed by atoms with Crippen LogP contribution in [0.2, 0.25) is 0 Å². The molecule has 0 fully saturated rings. The molecule has 1 unspecified atom stereocenters. The van der Waals surface area contributed by atoms with E-state index in [0.29, 0.717) is 5.56 Å². The Morgan fingerprint density at radius 2 is 1.74 bits per heavy atom. The number of anilines is 1. The van der Waals surface area contributed by atoms with Crippen LogP contribution in [0.25, 0.3) is 0 Å². The second-order valence-electron chi connectivity index (χ2n) is 6.83. The molecule has 2 aromatic carbocycles. The van der Waals surface area contributed by atoms with Gasteiger partial charge in [-0.15, -0.1) is 0 Å². The number of carbonyl (C=O) groups excluding carboxylic acids is 2. The van der Waals surface area contributed by atoms with Gasteiger partial charge in [0.25, 0.3) is 0 Å². The first-order chi connectivity index (χ1) is 16.2. The molecule has 0 spiro atoms. The fourth-order valence-electron chi connectivity index (χ4n) is 3.62. The highest BCUT2D eigenvalue weighted by atomic mass is 19.3. The maximum Gasteiger partial charge on any atom is 0.387 e. The Morgan fingerprint density at radius 3 is 2.29 bits per heavy atom. The molecule has 0 saturated carbocycles. The van der Waals surface area contributed by atoms with Crippen molar-refractivity contribution in [2.75, 3.05) is 19.1 Å². The molecule has 1 aliphatic rings. The monoisotopic (exact) mass is 473 g/mol. The summed E-state index contributed by atoms with van der Waals surface area (Å²) in [5, 5.41) is 9.95. The van der Waals surface area contributed by atoms with Crippen molar-refractivity contribution in [3.63, 3.8) is 0 Å². The molecular weight excluding hydrogens is 455 g/mol. The number of benzene rings is 2. The Balaban J connectivity index is 2.45. The zero-order valence-electron chi connectivity index (χ0n) is 17.9. The molecule has 0 bridgehead atoms. The summed E-state index contributed by atoms with van der Waals surface area (Å²) in [4.78, 5) is 26.7. The Morgan fingerprint density at radius 1 is 1.09 bits per heavy atom. The third-order valence-corrected chi connectivity index (χ3v) is 4.99.